The Morgan fingerprint density at radius 2 is 1.86 bits per heavy atom. The van der Waals surface area contributed by atoms with Gasteiger partial charge in [0.25, 0.3) is 11.6 Å². The van der Waals surface area contributed by atoms with Gasteiger partial charge in [-0.05, 0) is 49.2 Å². The number of aryl methyl sites for hydroxylation is 1. The highest BCUT2D eigenvalue weighted by Crippen LogP contribution is 2.31. The number of nitrogens with one attached hydrogen (secondary N) is 1. The van der Waals surface area contributed by atoms with Crippen molar-refractivity contribution < 1.29 is 9.72 Å². The van der Waals surface area contributed by atoms with Gasteiger partial charge in [0.2, 0.25) is 0 Å². The Kier molecular flexibility index (Phi) is 7.93. The summed E-state index contributed by atoms with van der Waals surface area (Å²) < 4.78 is 1.88. The van der Waals surface area contributed by atoms with Crippen LogP contribution in [0.15, 0.2) is 71.9 Å². The van der Waals surface area contributed by atoms with Crippen LogP contribution in [0.5, 0.6) is 0 Å². The lowest BCUT2D eigenvalue weighted by molar-refractivity contribution is -0.384. The lowest BCUT2D eigenvalue weighted by Crippen LogP contribution is -2.28. The highest BCUT2D eigenvalue weighted by atomic mass is 35.5. The Balaban J connectivity index is 1.67. The summed E-state index contributed by atoms with van der Waals surface area (Å²) in [6.45, 7) is 3.73. The molecule has 0 saturated carbocycles. The molecule has 11 heteroatoms. The normalized spacial score (nSPS) is 11.8. The van der Waals surface area contributed by atoms with E-state index in [2.05, 4.69) is 15.5 Å². The smallest absolute Gasteiger partial charge is 0.288 e. The van der Waals surface area contributed by atoms with Crippen LogP contribution >= 0.6 is 35.0 Å². The van der Waals surface area contributed by atoms with Crippen LogP contribution in [-0.2, 0) is 5.75 Å². The lowest BCUT2D eigenvalue weighted by atomic mass is 10.1. The van der Waals surface area contributed by atoms with Gasteiger partial charge in [-0.15, -0.1) is 10.2 Å². The minimum Gasteiger partial charge on any atom is -0.342 e. The van der Waals surface area contributed by atoms with Gasteiger partial charge in [-0.25, -0.2) is 0 Å². The Hall–Kier alpha value is -3.40. The van der Waals surface area contributed by atoms with E-state index in [0.29, 0.717) is 21.8 Å². The average Bonchev–Trinajstić information content (AvgIpc) is 3.28. The fraction of sp³-hybridized carbons (Fsp3) is 0.160. The maximum absolute atomic E-state index is 12.9. The number of hydrogen-bond acceptors (Lipinski definition) is 6. The van der Waals surface area contributed by atoms with Gasteiger partial charge in [-0.1, -0.05) is 71.4 Å². The molecular formula is C25H21Cl2N5O3S. The average molecular weight is 542 g/mol. The van der Waals surface area contributed by atoms with Crippen molar-refractivity contribution in [2.24, 2.45) is 0 Å². The lowest BCUT2D eigenvalue weighted by Gasteiger charge is -2.18. The molecule has 1 heterocycles. The number of benzene rings is 3. The van der Waals surface area contributed by atoms with Crippen LogP contribution in [0, 0.1) is 17.0 Å². The Labute approximate surface area is 221 Å². The molecule has 4 aromatic rings. The van der Waals surface area contributed by atoms with E-state index in [1.165, 1.54) is 23.9 Å². The summed E-state index contributed by atoms with van der Waals surface area (Å²) in [5.41, 5.74) is 2.65. The van der Waals surface area contributed by atoms with Gasteiger partial charge in [-0.3, -0.25) is 19.5 Å². The predicted molar refractivity (Wildman–Crippen MR) is 141 cm³/mol. The number of nitro groups is 1. The van der Waals surface area contributed by atoms with Crippen LogP contribution in [0.4, 0.5) is 5.69 Å². The summed E-state index contributed by atoms with van der Waals surface area (Å²) in [4.78, 5) is 23.5. The van der Waals surface area contributed by atoms with Gasteiger partial charge < -0.3 is 5.32 Å². The van der Waals surface area contributed by atoms with Gasteiger partial charge in [0.05, 0.1) is 16.7 Å². The molecule has 3 aromatic carbocycles. The molecule has 0 aliphatic rings. The molecule has 0 spiro atoms. The zero-order valence-corrected chi connectivity index (χ0v) is 21.6. The molecule has 1 atom stereocenters. The maximum Gasteiger partial charge on any atom is 0.288 e. The zero-order valence-electron chi connectivity index (χ0n) is 19.3. The molecule has 0 fully saturated rings. The molecule has 1 aromatic heterocycles. The first-order chi connectivity index (χ1) is 17.2. The van der Waals surface area contributed by atoms with E-state index in [1.807, 2.05) is 54.0 Å². The Morgan fingerprint density at radius 3 is 2.58 bits per heavy atom. The van der Waals surface area contributed by atoms with E-state index >= 15 is 0 Å². The topological polar surface area (TPSA) is 103 Å². The molecule has 1 unspecified atom stereocenters. The molecule has 0 aliphatic heterocycles. The first kappa shape index (κ1) is 25.7. The van der Waals surface area contributed by atoms with Crippen molar-refractivity contribution in [2.45, 2.75) is 30.8 Å². The maximum atomic E-state index is 12.9. The monoisotopic (exact) mass is 541 g/mol. The number of aromatic nitrogens is 3. The van der Waals surface area contributed by atoms with E-state index < -0.39 is 16.9 Å². The molecule has 8 nitrogen and oxygen atoms in total. The van der Waals surface area contributed by atoms with Crippen molar-refractivity contribution in [3.63, 3.8) is 0 Å². The van der Waals surface area contributed by atoms with Crippen molar-refractivity contribution in [2.75, 3.05) is 0 Å². The molecule has 4 rings (SSSR count). The highest BCUT2D eigenvalue weighted by molar-refractivity contribution is 7.98. The highest BCUT2D eigenvalue weighted by Gasteiger charge is 2.24. The molecule has 0 aliphatic carbocycles. The number of carbonyl (C=O) groups is 1. The van der Waals surface area contributed by atoms with Gasteiger partial charge in [-0.2, -0.15) is 0 Å². The van der Waals surface area contributed by atoms with Crippen molar-refractivity contribution >= 4 is 46.6 Å². The predicted octanol–water partition coefficient (Wildman–Crippen LogP) is 6.57. The van der Waals surface area contributed by atoms with Crippen LogP contribution in [0.25, 0.3) is 5.69 Å². The van der Waals surface area contributed by atoms with E-state index in [1.54, 1.807) is 13.0 Å². The second kappa shape index (κ2) is 11.1. The van der Waals surface area contributed by atoms with Crippen molar-refractivity contribution in [3.05, 3.63) is 109 Å². The third-order valence-corrected chi connectivity index (χ3v) is 6.98. The number of nitrogens with zero attached hydrogens (tertiary/aromatic N) is 4. The summed E-state index contributed by atoms with van der Waals surface area (Å²) in [5, 5.41) is 24.0. The van der Waals surface area contributed by atoms with Crippen LogP contribution in [0.3, 0.4) is 0 Å². The van der Waals surface area contributed by atoms with Crippen LogP contribution < -0.4 is 5.32 Å². The summed E-state index contributed by atoms with van der Waals surface area (Å²) in [5.74, 6) is 0.666. The number of halogens is 2. The minimum absolute atomic E-state index is 0.0409. The molecule has 1 N–H and O–H groups in total. The summed E-state index contributed by atoms with van der Waals surface area (Å²) in [6.07, 6.45) is 0. The number of thioether (sulfide) groups is 1. The van der Waals surface area contributed by atoms with Gasteiger partial charge in [0, 0.05) is 22.4 Å². The largest absolute Gasteiger partial charge is 0.342 e. The molecule has 36 heavy (non-hydrogen) atoms. The summed E-state index contributed by atoms with van der Waals surface area (Å²) in [6, 6.07) is 18.9. The molecular weight excluding hydrogens is 521 g/mol. The molecule has 0 radical (unpaired) electrons. The number of hydrogen-bond donors (Lipinski definition) is 1. The van der Waals surface area contributed by atoms with Gasteiger partial charge >= 0.3 is 0 Å². The number of rotatable bonds is 8. The quantitative estimate of drug-likeness (QED) is 0.153. The standard InChI is InChI=1S/C25H21Cl2N5O3S/c1-15-8-10-19(26)13-21(15)31-23(29-30-25(31)36-14-17-6-4-3-5-7-17)16(2)28-24(33)18-9-11-20(27)22(12-18)32(34)35/h3-13,16H,14H2,1-2H3,(H,28,33). The molecule has 0 bridgehead atoms. The first-order valence-corrected chi connectivity index (χ1v) is 12.6. The zero-order chi connectivity index (χ0) is 25.8. The van der Waals surface area contributed by atoms with Crippen molar-refractivity contribution in [3.8, 4) is 5.69 Å². The Morgan fingerprint density at radius 1 is 1.11 bits per heavy atom. The summed E-state index contributed by atoms with van der Waals surface area (Å²) in [7, 11) is 0. The van der Waals surface area contributed by atoms with E-state index in [0.717, 1.165) is 22.9 Å². The van der Waals surface area contributed by atoms with Crippen LogP contribution in [0.2, 0.25) is 10.0 Å². The third kappa shape index (κ3) is 5.70. The number of carbonyl (C=O) groups excluding carboxylic acids is 1. The van der Waals surface area contributed by atoms with Crippen molar-refractivity contribution in [1.29, 1.82) is 0 Å². The number of amides is 1. The van der Waals surface area contributed by atoms with E-state index in [9.17, 15) is 14.9 Å². The van der Waals surface area contributed by atoms with E-state index in [4.69, 9.17) is 23.2 Å². The van der Waals surface area contributed by atoms with Crippen LogP contribution in [0.1, 0.15) is 40.3 Å². The molecule has 0 saturated heterocycles. The fourth-order valence-electron chi connectivity index (χ4n) is 3.57. The van der Waals surface area contributed by atoms with Crippen LogP contribution in [-0.4, -0.2) is 25.6 Å². The van der Waals surface area contributed by atoms with Gasteiger partial charge in [0.15, 0.2) is 11.0 Å². The second-order valence-corrected chi connectivity index (χ2v) is 9.79. The summed E-state index contributed by atoms with van der Waals surface area (Å²) >= 11 is 13.7. The van der Waals surface area contributed by atoms with Gasteiger partial charge in [0.1, 0.15) is 5.02 Å². The molecule has 1 amide bonds. The van der Waals surface area contributed by atoms with Crippen molar-refractivity contribution in [1.82, 2.24) is 20.1 Å². The Bertz CT molecular complexity index is 1430. The van der Waals surface area contributed by atoms with E-state index in [-0.39, 0.29) is 16.3 Å². The third-order valence-electron chi connectivity index (χ3n) is 5.42. The fourth-order valence-corrected chi connectivity index (χ4v) is 4.83. The first-order valence-electron chi connectivity index (χ1n) is 10.9. The second-order valence-electron chi connectivity index (χ2n) is 8.00. The molecule has 184 valence electrons. The number of nitro benzene ring substituents is 1. The SMILES string of the molecule is Cc1ccc(Cl)cc1-n1c(SCc2ccccc2)nnc1C(C)NC(=O)c1ccc(Cl)c([N+](=O)[O-])c1. The minimum atomic E-state index is -0.628.